The molecule has 3 heteroatoms. The molecular formula is C15H19NOS. The maximum atomic E-state index is 12.4. The summed E-state index contributed by atoms with van der Waals surface area (Å²) < 4.78 is 1.25. The topological polar surface area (TPSA) is 20.3 Å². The van der Waals surface area contributed by atoms with Gasteiger partial charge in [-0.3, -0.25) is 9.69 Å². The van der Waals surface area contributed by atoms with Gasteiger partial charge >= 0.3 is 0 Å². The van der Waals surface area contributed by atoms with Crippen LogP contribution < -0.4 is 0 Å². The van der Waals surface area contributed by atoms with Crippen LogP contribution in [0.5, 0.6) is 0 Å². The van der Waals surface area contributed by atoms with Crippen LogP contribution in [0.25, 0.3) is 10.1 Å². The largest absolute Gasteiger partial charge is 0.297 e. The van der Waals surface area contributed by atoms with Crippen molar-refractivity contribution in [2.45, 2.75) is 19.9 Å². The standard InChI is InChI=1S/C15H19NOS/c1-10(2)15(17)14(16(3)4)12-9-18-13-8-6-5-7-11(12)13/h5-10,14H,1-4H3. The summed E-state index contributed by atoms with van der Waals surface area (Å²) in [5.74, 6) is 0.333. The molecule has 0 spiro atoms. The highest BCUT2D eigenvalue weighted by atomic mass is 32.1. The van der Waals surface area contributed by atoms with Gasteiger partial charge in [-0.25, -0.2) is 0 Å². The Morgan fingerprint density at radius 1 is 1.22 bits per heavy atom. The predicted octanol–water partition coefficient (Wildman–Crippen LogP) is 3.73. The number of likely N-dealkylation sites (N-methyl/N-ethyl adjacent to an activating group) is 1. The van der Waals surface area contributed by atoms with Crippen molar-refractivity contribution in [3.63, 3.8) is 0 Å². The molecule has 2 aromatic rings. The zero-order chi connectivity index (χ0) is 13.3. The molecule has 18 heavy (non-hydrogen) atoms. The van der Waals surface area contributed by atoms with Crippen LogP contribution in [0.4, 0.5) is 0 Å². The van der Waals surface area contributed by atoms with E-state index in [0.29, 0.717) is 0 Å². The molecule has 0 bridgehead atoms. The number of rotatable bonds is 4. The zero-order valence-electron chi connectivity index (χ0n) is 11.3. The van der Waals surface area contributed by atoms with Crippen LogP contribution in [0.3, 0.4) is 0 Å². The Bertz CT molecular complexity index is 556. The number of benzene rings is 1. The van der Waals surface area contributed by atoms with Crippen molar-refractivity contribution >= 4 is 27.2 Å². The molecule has 0 aliphatic rings. The minimum absolute atomic E-state index is 0.0519. The van der Waals surface area contributed by atoms with Crippen molar-refractivity contribution in [2.24, 2.45) is 5.92 Å². The molecule has 1 atom stereocenters. The van der Waals surface area contributed by atoms with E-state index in [1.807, 2.05) is 45.0 Å². The number of ketones is 1. The van der Waals surface area contributed by atoms with E-state index in [1.54, 1.807) is 11.3 Å². The van der Waals surface area contributed by atoms with Gasteiger partial charge in [0, 0.05) is 10.6 Å². The number of carbonyl (C=O) groups is 1. The lowest BCUT2D eigenvalue weighted by molar-refractivity contribution is -0.126. The first kappa shape index (κ1) is 13.2. The third-order valence-electron chi connectivity index (χ3n) is 3.16. The molecule has 0 aliphatic carbocycles. The van der Waals surface area contributed by atoms with E-state index in [1.165, 1.54) is 10.1 Å². The number of hydrogen-bond donors (Lipinski definition) is 0. The average molecular weight is 261 g/mol. The van der Waals surface area contributed by atoms with Crippen LogP contribution in [0.1, 0.15) is 25.5 Å². The minimum Gasteiger partial charge on any atom is -0.297 e. The quantitative estimate of drug-likeness (QED) is 0.836. The third kappa shape index (κ3) is 2.33. The molecule has 1 aromatic heterocycles. The molecule has 1 heterocycles. The van der Waals surface area contributed by atoms with Crippen LogP contribution in [0, 0.1) is 5.92 Å². The van der Waals surface area contributed by atoms with E-state index in [-0.39, 0.29) is 17.7 Å². The SMILES string of the molecule is CC(C)C(=O)C(c1csc2ccccc12)N(C)C. The van der Waals surface area contributed by atoms with Crippen LogP contribution in [-0.4, -0.2) is 24.8 Å². The molecule has 2 rings (SSSR count). The lowest BCUT2D eigenvalue weighted by atomic mass is 9.94. The highest BCUT2D eigenvalue weighted by Gasteiger charge is 2.27. The van der Waals surface area contributed by atoms with Crippen LogP contribution in [-0.2, 0) is 4.79 Å². The number of nitrogens with zero attached hydrogens (tertiary/aromatic N) is 1. The van der Waals surface area contributed by atoms with Crippen molar-refractivity contribution in [1.29, 1.82) is 0 Å². The van der Waals surface area contributed by atoms with Gasteiger partial charge in [0.25, 0.3) is 0 Å². The van der Waals surface area contributed by atoms with Crippen molar-refractivity contribution in [2.75, 3.05) is 14.1 Å². The van der Waals surface area contributed by atoms with Crippen LogP contribution >= 0.6 is 11.3 Å². The molecule has 2 nitrogen and oxygen atoms in total. The molecule has 0 N–H and O–H groups in total. The highest BCUT2D eigenvalue weighted by Crippen LogP contribution is 2.33. The van der Waals surface area contributed by atoms with Crippen LogP contribution in [0.2, 0.25) is 0 Å². The van der Waals surface area contributed by atoms with E-state index in [2.05, 4.69) is 17.5 Å². The first-order valence-corrected chi connectivity index (χ1v) is 7.06. The number of carbonyl (C=O) groups excluding carboxylic acids is 1. The summed E-state index contributed by atoms with van der Waals surface area (Å²) in [5.41, 5.74) is 1.14. The first-order valence-electron chi connectivity index (χ1n) is 6.18. The summed E-state index contributed by atoms with van der Waals surface area (Å²) in [6, 6.07) is 8.14. The first-order chi connectivity index (χ1) is 8.52. The molecule has 96 valence electrons. The van der Waals surface area contributed by atoms with Gasteiger partial charge in [-0.2, -0.15) is 0 Å². The summed E-state index contributed by atoms with van der Waals surface area (Å²) in [6.07, 6.45) is 0. The maximum Gasteiger partial charge on any atom is 0.157 e. The normalized spacial score (nSPS) is 13.4. The summed E-state index contributed by atoms with van der Waals surface area (Å²) in [6.45, 7) is 3.93. The lowest BCUT2D eigenvalue weighted by Crippen LogP contribution is -2.30. The second-order valence-electron chi connectivity index (χ2n) is 5.11. The summed E-state index contributed by atoms with van der Waals surface area (Å²) >= 11 is 1.71. The van der Waals surface area contributed by atoms with Gasteiger partial charge < -0.3 is 0 Å². The van der Waals surface area contributed by atoms with Gasteiger partial charge in [0.1, 0.15) is 0 Å². The number of hydrogen-bond acceptors (Lipinski definition) is 3. The monoisotopic (exact) mass is 261 g/mol. The van der Waals surface area contributed by atoms with Crippen molar-refractivity contribution in [3.05, 3.63) is 35.2 Å². The second-order valence-corrected chi connectivity index (χ2v) is 6.02. The van der Waals surface area contributed by atoms with E-state index < -0.39 is 0 Å². The van der Waals surface area contributed by atoms with Gasteiger partial charge in [0.05, 0.1) is 6.04 Å². The lowest BCUT2D eigenvalue weighted by Gasteiger charge is -2.24. The fraction of sp³-hybridized carbons (Fsp3) is 0.400. The average Bonchev–Trinajstić information content (AvgIpc) is 2.73. The van der Waals surface area contributed by atoms with Crippen molar-refractivity contribution in [1.82, 2.24) is 4.90 Å². The third-order valence-corrected chi connectivity index (χ3v) is 4.14. The smallest absolute Gasteiger partial charge is 0.157 e. The number of Topliss-reactive ketones (excluding diaryl/α,β-unsaturated/α-hetero) is 1. The van der Waals surface area contributed by atoms with Gasteiger partial charge in [-0.1, -0.05) is 32.0 Å². The molecule has 0 amide bonds. The van der Waals surface area contributed by atoms with Crippen LogP contribution in [0.15, 0.2) is 29.6 Å². The Balaban J connectivity index is 2.52. The molecule has 0 aliphatic heterocycles. The predicted molar refractivity (Wildman–Crippen MR) is 78.1 cm³/mol. The van der Waals surface area contributed by atoms with Gasteiger partial charge in [-0.15, -0.1) is 11.3 Å². The Labute approximate surface area is 112 Å². The number of thiophene rings is 1. The summed E-state index contributed by atoms with van der Waals surface area (Å²) in [5, 5.41) is 3.32. The fourth-order valence-corrected chi connectivity index (χ4v) is 3.19. The molecule has 1 unspecified atom stereocenters. The summed E-state index contributed by atoms with van der Waals surface area (Å²) in [7, 11) is 3.94. The van der Waals surface area contributed by atoms with Crippen molar-refractivity contribution < 1.29 is 4.79 Å². The Hall–Kier alpha value is -1.19. The van der Waals surface area contributed by atoms with E-state index in [0.717, 1.165) is 5.56 Å². The molecular weight excluding hydrogens is 242 g/mol. The molecule has 1 aromatic carbocycles. The second kappa shape index (κ2) is 5.21. The summed E-state index contributed by atoms with van der Waals surface area (Å²) in [4.78, 5) is 14.4. The van der Waals surface area contributed by atoms with Gasteiger partial charge in [0.2, 0.25) is 0 Å². The molecule has 0 saturated carbocycles. The van der Waals surface area contributed by atoms with E-state index in [4.69, 9.17) is 0 Å². The van der Waals surface area contributed by atoms with E-state index in [9.17, 15) is 4.79 Å². The van der Waals surface area contributed by atoms with Crippen molar-refractivity contribution in [3.8, 4) is 0 Å². The molecule has 0 radical (unpaired) electrons. The minimum atomic E-state index is -0.138. The molecule has 0 saturated heterocycles. The Morgan fingerprint density at radius 2 is 1.89 bits per heavy atom. The molecule has 0 fully saturated rings. The Kier molecular flexibility index (Phi) is 3.83. The van der Waals surface area contributed by atoms with Gasteiger partial charge in [0.15, 0.2) is 5.78 Å². The zero-order valence-corrected chi connectivity index (χ0v) is 12.1. The highest BCUT2D eigenvalue weighted by molar-refractivity contribution is 7.17. The van der Waals surface area contributed by atoms with E-state index >= 15 is 0 Å². The fourth-order valence-electron chi connectivity index (χ4n) is 2.21. The Morgan fingerprint density at radius 3 is 2.50 bits per heavy atom. The maximum absolute atomic E-state index is 12.4. The van der Waals surface area contributed by atoms with Gasteiger partial charge in [-0.05, 0) is 36.5 Å². The number of fused-ring (bicyclic) bond motifs is 1.